The first-order valence-corrected chi connectivity index (χ1v) is 9.32. The molecular weight excluding hydrogens is 362 g/mol. The molecule has 0 spiro atoms. The van der Waals surface area contributed by atoms with Crippen molar-refractivity contribution in [2.24, 2.45) is 0 Å². The van der Waals surface area contributed by atoms with Gasteiger partial charge in [0.05, 0.1) is 28.3 Å². The third-order valence-electron chi connectivity index (χ3n) is 4.73. The molecule has 6 heteroatoms. The molecule has 0 saturated carbocycles. The van der Waals surface area contributed by atoms with Crippen LogP contribution < -0.4 is 5.32 Å². The van der Waals surface area contributed by atoms with Crippen LogP contribution in [-0.2, 0) is 11.3 Å². The first-order valence-electron chi connectivity index (χ1n) is 8.50. The summed E-state index contributed by atoms with van der Waals surface area (Å²) in [5.74, 6) is -0.750. The zero-order valence-electron chi connectivity index (χ0n) is 15.7. The van der Waals surface area contributed by atoms with E-state index in [0.29, 0.717) is 27.3 Å². The van der Waals surface area contributed by atoms with Crippen molar-refractivity contribution >= 4 is 29.0 Å². The van der Waals surface area contributed by atoms with Crippen molar-refractivity contribution in [1.82, 2.24) is 0 Å². The summed E-state index contributed by atoms with van der Waals surface area (Å²) in [6.45, 7) is 3.44. The number of allylic oxidation sites excluding steroid dienone is 2. The number of ether oxygens (including phenoxy) is 1. The van der Waals surface area contributed by atoms with Gasteiger partial charge >= 0.3 is 0 Å². The summed E-state index contributed by atoms with van der Waals surface area (Å²) in [5, 5.41) is 14.1. The van der Waals surface area contributed by atoms with Crippen LogP contribution in [0.5, 0.6) is 5.75 Å². The van der Waals surface area contributed by atoms with Crippen LogP contribution in [0.25, 0.3) is 0 Å². The van der Waals surface area contributed by atoms with Gasteiger partial charge < -0.3 is 15.2 Å². The Labute approximate surface area is 162 Å². The molecule has 3 rings (SSSR count). The summed E-state index contributed by atoms with van der Waals surface area (Å²) in [6.07, 6.45) is 0. The topological polar surface area (TPSA) is 75.6 Å². The minimum absolute atomic E-state index is 0.0609. The number of carbonyl (C=O) groups excluding carboxylic acids is 2. The Morgan fingerprint density at radius 2 is 1.63 bits per heavy atom. The molecule has 0 aromatic heterocycles. The third kappa shape index (κ3) is 3.15. The molecule has 2 aromatic carbocycles. The molecule has 27 heavy (non-hydrogen) atoms. The Morgan fingerprint density at radius 3 is 2.19 bits per heavy atom. The minimum Gasteiger partial charge on any atom is -0.506 e. The number of phenols is 1. The molecule has 5 nitrogen and oxygen atoms in total. The van der Waals surface area contributed by atoms with Gasteiger partial charge in [0.2, 0.25) is 0 Å². The van der Waals surface area contributed by atoms with Gasteiger partial charge in [0, 0.05) is 35.8 Å². The number of anilines is 1. The van der Waals surface area contributed by atoms with Crippen molar-refractivity contribution in [3.8, 4) is 5.75 Å². The Morgan fingerprint density at radius 1 is 1.04 bits per heavy atom. The van der Waals surface area contributed by atoms with Crippen molar-refractivity contribution in [2.75, 3.05) is 19.5 Å². The quantitative estimate of drug-likeness (QED) is 0.743. The number of ketones is 2. The zero-order chi connectivity index (χ0) is 19.7. The highest BCUT2D eigenvalue weighted by molar-refractivity contribution is 7.99. The molecule has 1 aliphatic carbocycles. The largest absolute Gasteiger partial charge is 0.506 e. The Bertz CT molecular complexity index is 964. The molecule has 0 radical (unpaired) electrons. The third-order valence-corrected chi connectivity index (χ3v) is 5.88. The number of aromatic hydroxyl groups is 1. The standard InChI is InChI=1S/C21H21NO4S/c1-11-12(2)19(24)16-15(18(11)23)17(22-3)14(10-26-4)21(20(16)25)27-13-8-6-5-7-9-13/h5-9,22,25H,10H2,1-4H3. The summed E-state index contributed by atoms with van der Waals surface area (Å²) in [7, 11) is 3.25. The molecule has 0 atom stereocenters. The predicted octanol–water partition coefficient (Wildman–Crippen LogP) is 4.45. The maximum absolute atomic E-state index is 12.9. The van der Waals surface area contributed by atoms with Gasteiger partial charge in [-0.1, -0.05) is 30.0 Å². The second kappa shape index (κ2) is 7.58. The van der Waals surface area contributed by atoms with E-state index in [1.807, 2.05) is 30.3 Å². The summed E-state index contributed by atoms with van der Waals surface area (Å²) in [6, 6.07) is 9.54. The van der Waals surface area contributed by atoms with E-state index in [2.05, 4.69) is 5.32 Å². The van der Waals surface area contributed by atoms with Gasteiger partial charge in [-0.15, -0.1) is 0 Å². The summed E-state index contributed by atoms with van der Waals surface area (Å²) >= 11 is 1.34. The van der Waals surface area contributed by atoms with Crippen molar-refractivity contribution in [1.29, 1.82) is 0 Å². The van der Waals surface area contributed by atoms with E-state index in [-0.39, 0.29) is 35.0 Å². The van der Waals surface area contributed by atoms with Gasteiger partial charge in [0.15, 0.2) is 11.6 Å². The maximum Gasteiger partial charge on any atom is 0.193 e. The van der Waals surface area contributed by atoms with E-state index < -0.39 is 0 Å². The molecule has 1 aliphatic rings. The lowest BCUT2D eigenvalue weighted by Crippen LogP contribution is -2.23. The van der Waals surface area contributed by atoms with Gasteiger partial charge in [-0.3, -0.25) is 9.59 Å². The number of nitrogens with one attached hydrogen (secondary N) is 1. The molecular formula is C21H21NO4S. The van der Waals surface area contributed by atoms with E-state index >= 15 is 0 Å². The van der Waals surface area contributed by atoms with Crippen LogP contribution in [0.3, 0.4) is 0 Å². The van der Waals surface area contributed by atoms with Crippen LogP contribution >= 0.6 is 11.8 Å². The van der Waals surface area contributed by atoms with Crippen molar-refractivity contribution in [2.45, 2.75) is 30.2 Å². The molecule has 0 aliphatic heterocycles. The lowest BCUT2D eigenvalue weighted by Gasteiger charge is -2.25. The molecule has 0 heterocycles. The second-order valence-electron chi connectivity index (χ2n) is 6.29. The molecule has 2 N–H and O–H groups in total. The number of rotatable bonds is 5. The zero-order valence-corrected chi connectivity index (χ0v) is 16.5. The van der Waals surface area contributed by atoms with E-state index in [1.165, 1.54) is 11.8 Å². The maximum atomic E-state index is 12.9. The number of hydrogen-bond acceptors (Lipinski definition) is 6. The highest BCUT2D eigenvalue weighted by atomic mass is 32.2. The van der Waals surface area contributed by atoms with Gasteiger partial charge in [-0.05, 0) is 26.0 Å². The Kier molecular flexibility index (Phi) is 5.39. The Balaban J connectivity index is 2.33. The van der Waals surface area contributed by atoms with Crippen molar-refractivity contribution in [3.63, 3.8) is 0 Å². The number of carbonyl (C=O) groups is 2. The van der Waals surface area contributed by atoms with Gasteiger partial charge in [0.1, 0.15) is 5.75 Å². The summed E-state index contributed by atoms with van der Waals surface area (Å²) in [5.41, 5.74) is 2.21. The monoisotopic (exact) mass is 383 g/mol. The first-order chi connectivity index (χ1) is 12.9. The number of methoxy groups -OCH3 is 1. The van der Waals surface area contributed by atoms with Crippen LogP contribution in [0.4, 0.5) is 5.69 Å². The van der Waals surface area contributed by atoms with E-state index in [0.717, 1.165) is 4.90 Å². The lowest BCUT2D eigenvalue weighted by atomic mass is 9.82. The molecule has 0 fully saturated rings. The number of Topliss-reactive ketones (excluding diaryl/α,β-unsaturated/α-hetero) is 2. The van der Waals surface area contributed by atoms with Crippen molar-refractivity contribution < 1.29 is 19.4 Å². The molecule has 0 saturated heterocycles. The average Bonchev–Trinajstić information content (AvgIpc) is 2.68. The molecule has 0 bridgehead atoms. The van der Waals surface area contributed by atoms with Gasteiger partial charge in [-0.2, -0.15) is 0 Å². The number of fused-ring (bicyclic) bond motifs is 1. The van der Waals surface area contributed by atoms with Gasteiger partial charge in [-0.25, -0.2) is 0 Å². The lowest BCUT2D eigenvalue weighted by molar-refractivity contribution is 0.0972. The SMILES string of the molecule is CNc1c(COC)c(Sc2ccccc2)c(O)c2c1C(=O)C(C)=C(C)C2=O. The first kappa shape index (κ1) is 19.2. The second-order valence-corrected chi connectivity index (χ2v) is 7.37. The number of benzene rings is 2. The molecule has 140 valence electrons. The fourth-order valence-electron chi connectivity index (χ4n) is 3.20. The molecule has 0 amide bonds. The fraction of sp³-hybridized carbons (Fsp3) is 0.238. The van der Waals surface area contributed by atoms with Crippen LogP contribution in [-0.4, -0.2) is 30.8 Å². The number of phenolic OH excluding ortho intramolecular Hbond substituents is 1. The highest BCUT2D eigenvalue weighted by Crippen LogP contribution is 2.47. The predicted molar refractivity (Wildman–Crippen MR) is 106 cm³/mol. The van der Waals surface area contributed by atoms with Crippen molar-refractivity contribution in [3.05, 3.63) is 58.2 Å². The van der Waals surface area contributed by atoms with E-state index in [1.54, 1.807) is 28.0 Å². The fourth-order valence-corrected chi connectivity index (χ4v) is 4.21. The highest BCUT2D eigenvalue weighted by Gasteiger charge is 2.36. The minimum atomic E-state index is -0.324. The van der Waals surface area contributed by atoms with Crippen LogP contribution in [0, 0.1) is 0 Å². The summed E-state index contributed by atoms with van der Waals surface area (Å²) in [4.78, 5) is 27.2. The Hall–Kier alpha value is -2.57. The average molecular weight is 383 g/mol. The normalized spacial score (nSPS) is 13.8. The number of hydrogen-bond donors (Lipinski definition) is 2. The van der Waals surface area contributed by atoms with E-state index in [9.17, 15) is 14.7 Å². The smallest absolute Gasteiger partial charge is 0.193 e. The van der Waals surface area contributed by atoms with Gasteiger partial charge in [0.25, 0.3) is 0 Å². The van der Waals surface area contributed by atoms with Crippen LogP contribution in [0.15, 0.2) is 51.3 Å². The van der Waals surface area contributed by atoms with Crippen LogP contribution in [0.2, 0.25) is 0 Å². The van der Waals surface area contributed by atoms with Crippen LogP contribution in [0.1, 0.15) is 40.1 Å². The molecule has 2 aromatic rings. The van der Waals surface area contributed by atoms with E-state index in [4.69, 9.17) is 4.74 Å². The summed E-state index contributed by atoms with van der Waals surface area (Å²) < 4.78 is 5.33. The molecule has 0 unspecified atom stereocenters.